The Morgan fingerprint density at radius 3 is 2.79 bits per heavy atom. The minimum atomic E-state index is -0.151. The minimum absolute atomic E-state index is 0.151. The van der Waals surface area contributed by atoms with Gasteiger partial charge in [-0.2, -0.15) is 15.5 Å². The van der Waals surface area contributed by atoms with Gasteiger partial charge in [-0.3, -0.25) is 14.7 Å². The van der Waals surface area contributed by atoms with Gasteiger partial charge in [0.15, 0.2) is 5.69 Å². The number of likely N-dealkylation sites (N-methyl/N-ethyl adjacent to an activating group) is 1. The third kappa shape index (κ3) is 4.65. The molecule has 10 nitrogen and oxygen atoms in total. The fourth-order valence-electron chi connectivity index (χ4n) is 5.03. The molecule has 0 saturated carbocycles. The van der Waals surface area contributed by atoms with Crippen molar-refractivity contribution in [2.24, 2.45) is 7.05 Å². The summed E-state index contributed by atoms with van der Waals surface area (Å²) in [5.41, 5.74) is 5.65. The van der Waals surface area contributed by atoms with E-state index in [2.05, 4.69) is 57.8 Å². The second-order valence-corrected chi connectivity index (χ2v) is 9.54. The lowest BCUT2D eigenvalue weighted by Crippen LogP contribution is -2.34. The summed E-state index contributed by atoms with van der Waals surface area (Å²) in [5.74, 6) is 1.22. The molecule has 4 heterocycles. The standard InChI is InChI=1S/C28H34N8O2/c1-6-13-36-25-17-35(7-2)16-18(4)38-28-26(24(15-29)32-34(28)5)19-9-11-22-21(14-19)23(31-30-22)12-10-20(25)27(33-36)37-8-3/h9-12,14,18H,6-8,13,16-17H2,1-5H3,(H,30,31)/b12-10+. The van der Waals surface area contributed by atoms with Crippen LogP contribution in [0.25, 0.3) is 34.2 Å². The van der Waals surface area contributed by atoms with Gasteiger partial charge in [-0.15, -0.1) is 5.10 Å². The molecule has 0 aliphatic carbocycles. The van der Waals surface area contributed by atoms with Crippen LogP contribution in [0.3, 0.4) is 0 Å². The van der Waals surface area contributed by atoms with Crippen LogP contribution in [0.15, 0.2) is 18.2 Å². The van der Waals surface area contributed by atoms with E-state index < -0.39 is 0 Å². The Hall–Kier alpha value is -4.10. The molecule has 5 rings (SSSR count). The molecule has 1 atom stereocenters. The summed E-state index contributed by atoms with van der Waals surface area (Å²) in [6.07, 6.45) is 4.92. The number of aromatic nitrogens is 6. The van der Waals surface area contributed by atoms with Crippen molar-refractivity contribution in [3.8, 4) is 29.0 Å². The minimum Gasteiger partial charge on any atom is -0.476 e. The first-order chi connectivity index (χ1) is 18.5. The van der Waals surface area contributed by atoms with Gasteiger partial charge < -0.3 is 9.47 Å². The lowest BCUT2D eigenvalue weighted by molar-refractivity contribution is 0.134. The van der Waals surface area contributed by atoms with Crippen LogP contribution < -0.4 is 9.47 Å². The first-order valence-corrected chi connectivity index (χ1v) is 13.2. The van der Waals surface area contributed by atoms with Gasteiger partial charge in [0.25, 0.3) is 0 Å². The summed E-state index contributed by atoms with van der Waals surface area (Å²) >= 11 is 0. The Morgan fingerprint density at radius 2 is 2.05 bits per heavy atom. The summed E-state index contributed by atoms with van der Waals surface area (Å²) in [5, 5.41) is 27.8. The molecule has 1 aliphatic rings. The van der Waals surface area contributed by atoms with Crippen molar-refractivity contribution in [3.05, 3.63) is 40.8 Å². The van der Waals surface area contributed by atoms with E-state index in [4.69, 9.17) is 14.6 Å². The second kappa shape index (κ2) is 10.7. The zero-order chi connectivity index (χ0) is 26.8. The number of rotatable bonds is 5. The fraction of sp³-hybridized carbons (Fsp3) is 0.429. The largest absolute Gasteiger partial charge is 0.476 e. The van der Waals surface area contributed by atoms with Gasteiger partial charge in [0.1, 0.15) is 12.2 Å². The number of ether oxygens (including phenoxy) is 2. The Kier molecular flexibility index (Phi) is 7.20. The number of nitrogens with zero attached hydrogens (tertiary/aromatic N) is 7. The van der Waals surface area contributed by atoms with E-state index in [-0.39, 0.29) is 6.10 Å². The highest BCUT2D eigenvalue weighted by Gasteiger charge is 2.25. The van der Waals surface area contributed by atoms with E-state index in [1.165, 1.54) is 0 Å². The summed E-state index contributed by atoms with van der Waals surface area (Å²) in [6, 6.07) is 8.20. The number of hydrogen-bond donors (Lipinski definition) is 1. The molecule has 0 fully saturated rings. The number of fused-ring (bicyclic) bond motifs is 4. The van der Waals surface area contributed by atoms with Gasteiger partial charge >= 0.3 is 0 Å². The molecule has 198 valence electrons. The maximum atomic E-state index is 9.87. The van der Waals surface area contributed by atoms with Gasteiger partial charge in [0, 0.05) is 32.1 Å². The number of aryl methyl sites for hydroxylation is 2. The maximum absolute atomic E-state index is 9.87. The van der Waals surface area contributed by atoms with E-state index in [1.807, 2.05) is 38.2 Å². The monoisotopic (exact) mass is 514 g/mol. The van der Waals surface area contributed by atoms with Crippen LogP contribution >= 0.6 is 0 Å². The molecule has 10 heteroatoms. The molecular formula is C28H34N8O2. The number of hydrogen-bond acceptors (Lipinski definition) is 7. The lowest BCUT2D eigenvalue weighted by atomic mass is 10.0. The molecular weight excluding hydrogens is 480 g/mol. The molecule has 1 aliphatic heterocycles. The van der Waals surface area contributed by atoms with Crippen LogP contribution in [-0.2, 0) is 20.1 Å². The molecule has 0 radical (unpaired) electrons. The van der Waals surface area contributed by atoms with Crippen LogP contribution in [0, 0.1) is 11.3 Å². The lowest BCUT2D eigenvalue weighted by Gasteiger charge is -2.25. The van der Waals surface area contributed by atoms with E-state index in [1.54, 1.807) is 4.68 Å². The molecule has 0 saturated heterocycles. The highest BCUT2D eigenvalue weighted by molar-refractivity contribution is 5.93. The number of benzene rings is 1. The van der Waals surface area contributed by atoms with Crippen molar-refractivity contribution in [1.29, 1.82) is 5.26 Å². The Bertz CT molecular complexity index is 1520. The van der Waals surface area contributed by atoms with Crippen molar-refractivity contribution in [2.45, 2.75) is 53.3 Å². The molecule has 0 spiro atoms. The topological polar surface area (TPSA) is 110 Å². The number of H-pyrrole nitrogens is 1. The molecule has 38 heavy (non-hydrogen) atoms. The Labute approximate surface area is 222 Å². The average molecular weight is 515 g/mol. The number of nitrogens with one attached hydrogen (secondary N) is 1. The predicted molar refractivity (Wildman–Crippen MR) is 147 cm³/mol. The van der Waals surface area contributed by atoms with Crippen molar-refractivity contribution in [1.82, 2.24) is 34.7 Å². The van der Waals surface area contributed by atoms with Crippen molar-refractivity contribution in [3.63, 3.8) is 0 Å². The molecule has 1 aromatic carbocycles. The van der Waals surface area contributed by atoms with Gasteiger partial charge in [0.2, 0.25) is 11.8 Å². The van der Waals surface area contributed by atoms with Crippen LogP contribution in [0.4, 0.5) is 0 Å². The summed E-state index contributed by atoms with van der Waals surface area (Å²) < 4.78 is 16.2. The third-order valence-electron chi connectivity index (χ3n) is 6.82. The van der Waals surface area contributed by atoms with Crippen molar-refractivity contribution >= 4 is 23.1 Å². The fourth-order valence-corrected chi connectivity index (χ4v) is 5.03. The molecule has 1 N–H and O–H groups in total. The van der Waals surface area contributed by atoms with Crippen LogP contribution in [0.5, 0.6) is 11.8 Å². The zero-order valence-corrected chi connectivity index (χ0v) is 22.7. The van der Waals surface area contributed by atoms with Gasteiger partial charge in [-0.1, -0.05) is 19.9 Å². The first kappa shape index (κ1) is 25.5. The SMILES string of the molecule is CCCn1nc(OCC)c2c1CN(CC)CC(C)Oc1c(c(C#N)nn1C)-c1ccc3n[nH]c(c3c1)/C=C/2. The first-order valence-electron chi connectivity index (χ1n) is 13.2. The highest BCUT2D eigenvalue weighted by Crippen LogP contribution is 2.36. The maximum Gasteiger partial charge on any atom is 0.240 e. The average Bonchev–Trinajstić information content (AvgIpc) is 3.55. The zero-order valence-electron chi connectivity index (χ0n) is 22.7. The molecule has 0 amide bonds. The summed E-state index contributed by atoms with van der Waals surface area (Å²) in [7, 11) is 1.81. The van der Waals surface area contributed by atoms with Crippen molar-refractivity contribution < 1.29 is 9.47 Å². The Balaban J connectivity index is 1.73. The van der Waals surface area contributed by atoms with Gasteiger partial charge in [-0.25, -0.2) is 4.68 Å². The van der Waals surface area contributed by atoms with Crippen LogP contribution in [0.1, 0.15) is 56.8 Å². The van der Waals surface area contributed by atoms with Crippen LogP contribution in [0.2, 0.25) is 0 Å². The van der Waals surface area contributed by atoms with E-state index >= 15 is 0 Å². The quantitative estimate of drug-likeness (QED) is 0.414. The second-order valence-electron chi connectivity index (χ2n) is 9.54. The smallest absolute Gasteiger partial charge is 0.240 e. The number of aromatic amines is 1. The van der Waals surface area contributed by atoms with E-state index in [0.29, 0.717) is 42.7 Å². The molecule has 2 bridgehead atoms. The summed E-state index contributed by atoms with van der Waals surface area (Å²) in [4.78, 5) is 2.34. The van der Waals surface area contributed by atoms with Crippen molar-refractivity contribution in [2.75, 3.05) is 19.7 Å². The number of nitriles is 1. The van der Waals surface area contributed by atoms with Gasteiger partial charge in [-0.05, 0) is 56.7 Å². The highest BCUT2D eigenvalue weighted by atomic mass is 16.5. The Morgan fingerprint density at radius 1 is 1.21 bits per heavy atom. The summed E-state index contributed by atoms with van der Waals surface area (Å²) in [6.45, 7) is 11.9. The molecule has 1 unspecified atom stereocenters. The molecule has 3 aromatic heterocycles. The predicted octanol–water partition coefficient (Wildman–Crippen LogP) is 4.61. The third-order valence-corrected chi connectivity index (χ3v) is 6.82. The molecule has 4 aromatic rings. The van der Waals surface area contributed by atoms with E-state index in [0.717, 1.165) is 52.9 Å². The van der Waals surface area contributed by atoms with Gasteiger partial charge in [0.05, 0.1) is 34.6 Å². The normalized spacial score (nSPS) is 16.8. The van der Waals surface area contributed by atoms with Crippen LogP contribution in [-0.4, -0.2) is 60.5 Å². The van der Waals surface area contributed by atoms with E-state index in [9.17, 15) is 5.26 Å².